The minimum absolute atomic E-state index is 0.682. The van der Waals surface area contributed by atoms with E-state index in [0.717, 1.165) is 36.3 Å². The summed E-state index contributed by atoms with van der Waals surface area (Å²) in [5.74, 6) is 3.39. The molecule has 2 rings (SSSR count). The molecule has 88 valence electrons. The molecule has 0 aliphatic carbocycles. The number of halogens is 1. The van der Waals surface area contributed by atoms with Crippen LogP contribution in [-0.2, 0) is 0 Å². The number of nitrogens with zero attached hydrogens (tertiary/aromatic N) is 3. The van der Waals surface area contributed by atoms with E-state index >= 15 is 0 Å². The molecule has 1 aromatic rings. The van der Waals surface area contributed by atoms with Crippen LogP contribution in [-0.4, -0.2) is 28.9 Å². The Balaban J connectivity index is 2.08. The van der Waals surface area contributed by atoms with Crippen molar-refractivity contribution < 1.29 is 0 Å². The second-order valence-corrected chi connectivity index (χ2v) is 4.81. The predicted molar refractivity (Wildman–Crippen MR) is 67.2 cm³/mol. The smallest absolute Gasteiger partial charge is 0.132 e. The van der Waals surface area contributed by atoms with Gasteiger partial charge in [0.15, 0.2) is 0 Å². The van der Waals surface area contributed by atoms with Crippen molar-refractivity contribution in [2.75, 3.05) is 23.9 Å². The molecular formula is C12H18ClN3. The van der Waals surface area contributed by atoms with E-state index in [1.165, 1.54) is 12.8 Å². The molecule has 0 N–H and O–H groups in total. The number of hydrogen-bond acceptors (Lipinski definition) is 3. The highest BCUT2D eigenvalue weighted by atomic mass is 35.5. The molecule has 0 amide bonds. The molecule has 1 aliphatic heterocycles. The standard InChI is InChI=1S/C12H18ClN3/c1-9-7-12(15-10(2)14-9)16-5-3-11(8-13)4-6-16/h7,11H,3-6,8H2,1-2H3. The lowest BCUT2D eigenvalue weighted by Crippen LogP contribution is -2.34. The molecule has 2 heterocycles. The third-order valence-electron chi connectivity index (χ3n) is 3.11. The zero-order valence-corrected chi connectivity index (χ0v) is 10.7. The summed E-state index contributed by atoms with van der Waals surface area (Å²) in [7, 11) is 0. The number of aromatic nitrogens is 2. The largest absolute Gasteiger partial charge is 0.356 e. The molecule has 16 heavy (non-hydrogen) atoms. The number of anilines is 1. The monoisotopic (exact) mass is 239 g/mol. The molecule has 1 saturated heterocycles. The van der Waals surface area contributed by atoms with Crippen LogP contribution in [0.5, 0.6) is 0 Å². The summed E-state index contributed by atoms with van der Waals surface area (Å²) in [6, 6.07) is 2.06. The summed E-state index contributed by atoms with van der Waals surface area (Å²) in [5.41, 5.74) is 1.04. The van der Waals surface area contributed by atoms with Crippen molar-refractivity contribution >= 4 is 17.4 Å². The van der Waals surface area contributed by atoms with E-state index in [1.807, 2.05) is 13.8 Å². The first-order valence-electron chi connectivity index (χ1n) is 5.82. The lowest BCUT2D eigenvalue weighted by atomic mass is 9.99. The Hall–Kier alpha value is -0.830. The second-order valence-electron chi connectivity index (χ2n) is 4.50. The Bertz CT molecular complexity index is 339. The van der Waals surface area contributed by atoms with Gasteiger partial charge < -0.3 is 4.90 Å². The Morgan fingerprint density at radius 3 is 2.56 bits per heavy atom. The molecule has 0 spiro atoms. The van der Waals surface area contributed by atoms with Crippen LogP contribution >= 0.6 is 11.6 Å². The number of rotatable bonds is 2. The fraction of sp³-hybridized carbons (Fsp3) is 0.667. The molecule has 0 saturated carbocycles. The van der Waals surface area contributed by atoms with Crippen LogP contribution in [0.25, 0.3) is 0 Å². The fourth-order valence-electron chi connectivity index (χ4n) is 2.18. The zero-order valence-electron chi connectivity index (χ0n) is 9.91. The van der Waals surface area contributed by atoms with Crippen LogP contribution in [0.2, 0.25) is 0 Å². The molecule has 1 fully saturated rings. The highest BCUT2D eigenvalue weighted by molar-refractivity contribution is 6.18. The average molecular weight is 240 g/mol. The van der Waals surface area contributed by atoms with Crippen LogP contribution in [0.4, 0.5) is 5.82 Å². The molecule has 4 heteroatoms. The molecule has 3 nitrogen and oxygen atoms in total. The first kappa shape index (κ1) is 11.6. The van der Waals surface area contributed by atoms with Gasteiger partial charge in [-0.1, -0.05) is 0 Å². The Morgan fingerprint density at radius 2 is 2.00 bits per heavy atom. The van der Waals surface area contributed by atoms with Crippen molar-refractivity contribution in [1.82, 2.24) is 9.97 Å². The van der Waals surface area contributed by atoms with Crippen molar-refractivity contribution in [2.45, 2.75) is 26.7 Å². The van der Waals surface area contributed by atoms with Gasteiger partial charge in [-0.25, -0.2) is 9.97 Å². The van der Waals surface area contributed by atoms with Gasteiger partial charge >= 0.3 is 0 Å². The summed E-state index contributed by atoms with van der Waals surface area (Å²) < 4.78 is 0. The summed E-state index contributed by atoms with van der Waals surface area (Å²) in [6.07, 6.45) is 2.34. The van der Waals surface area contributed by atoms with E-state index in [9.17, 15) is 0 Å². The third-order valence-corrected chi connectivity index (χ3v) is 3.55. The highest BCUT2D eigenvalue weighted by Crippen LogP contribution is 2.22. The maximum atomic E-state index is 5.88. The van der Waals surface area contributed by atoms with E-state index in [4.69, 9.17) is 11.6 Å². The Kier molecular flexibility index (Phi) is 3.64. The SMILES string of the molecule is Cc1cc(N2CCC(CCl)CC2)nc(C)n1. The summed E-state index contributed by atoms with van der Waals surface area (Å²) in [5, 5.41) is 0. The van der Waals surface area contributed by atoms with Gasteiger partial charge in [-0.2, -0.15) is 0 Å². The molecule has 0 bridgehead atoms. The minimum Gasteiger partial charge on any atom is -0.356 e. The van der Waals surface area contributed by atoms with Crippen LogP contribution in [0.15, 0.2) is 6.07 Å². The second kappa shape index (κ2) is 5.00. The van der Waals surface area contributed by atoms with Gasteiger partial charge in [0.1, 0.15) is 11.6 Å². The van der Waals surface area contributed by atoms with Crippen molar-refractivity contribution in [2.24, 2.45) is 5.92 Å². The molecule has 0 unspecified atom stereocenters. The topological polar surface area (TPSA) is 29.0 Å². The van der Waals surface area contributed by atoms with Gasteiger partial charge in [-0.3, -0.25) is 0 Å². The quantitative estimate of drug-likeness (QED) is 0.743. The van der Waals surface area contributed by atoms with E-state index in [-0.39, 0.29) is 0 Å². The first-order valence-corrected chi connectivity index (χ1v) is 6.35. The molecule has 0 radical (unpaired) electrons. The summed E-state index contributed by atoms with van der Waals surface area (Å²) >= 11 is 5.88. The lowest BCUT2D eigenvalue weighted by molar-refractivity contribution is 0.440. The summed E-state index contributed by atoms with van der Waals surface area (Å²) in [6.45, 7) is 6.09. The number of piperidine rings is 1. The first-order chi connectivity index (χ1) is 7.69. The molecule has 1 aromatic heterocycles. The van der Waals surface area contributed by atoms with Gasteiger partial charge in [0, 0.05) is 30.7 Å². The van der Waals surface area contributed by atoms with Gasteiger partial charge in [0.05, 0.1) is 0 Å². The Labute approximate surface area is 102 Å². The molecular weight excluding hydrogens is 222 g/mol. The average Bonchev–Trinajstić information content (AvgIpc) is 2.28. The van der Waals surface area contributed by atoms with Crippen molar-refractivity contribution in [3.63, 3.8) is 0 Å². The van der Waals surface area contributed by atoms with Gasteiger partial charge in [-0.05, 0) is 32.6 Å². The highest BCUT2D eigenvalue weighted by Gasteiger charge is 2.19. The van der Waals surface area contributed by atoms with E-state index in [1.54, 1.807) is 0 Å². The molecule has 0 aromatic carbocycles. The normalized spacial score (nSPS) is 17.8. The van der Waals surface area contributed by atoms with Gasteiger partial charge in [0.2, 0.25) is 0 Å². The number of alkyl halides is 1. The van der Waals surface area contributed by atoms with Gasteiger partial charge in [-0.15, -0.1) is 11.6 Å². The Morgan fingerprint density at radius 1 is 1.31 bits per heavy atom. The van der Waals surface area contributed by atoms with Crippen LogP contribution in [0.3, 0.4) is 0 Å². The predicted octanol–water partition coefficient (Wildman–Crippen LogP) is 2.55. The lowest BCUT2D eigenvalue weighted by Gasteiger charge is -2.32. The van der Waals surface area contributed by atoms with Crippen molar-refractivity contribution in [1.29, 1.82) is 0 Å². The van der Waals surface area contributed by atoms with E-state index in [0.29, 0.717) is 5.92 Å². The van der Waals surface area contributed by atoms with Crippen LogP contribution in [0.1, 0.15) is 24.4 Å². The maximum absolute atomic E-state index is 5.88. The maximum Gasteiger partial charge on any atom is 0.132 e. The zero-order chi connectivity index (χ0) is 11.5. The summed E-state index contributed by atoms with van der Waals surface area (Å²) in [4.78, 5) is 11.1. The van der Waals surface area contributed by atoms with E-state index in [2.05, 4.69) is 20.9 Å². The van der Waals surface area contributed by atoms with Crippen LogP contribution < -0.4 is 4.90 Å². The minimum atomic E-state index is 0.682. The third kappa shape index (κ3) is 2.64. The molecule has 0 atom stereocenters. The van der Waals surface area contributed by atoms with Crippen molar-refractivity contribution in [3.05, 3.63) is 17.6 Å². The van der Waals surface area contributed by atoms with Crippen LogP contribution in [0, 0.1) is 19.8 Å². The van der Waals surface area contributed by atoms with Gasteiger partial charge in [0.25, 0.3) is 0 Å². The number of hydrogen-bond donors (Lipinski definition) is 0. The number of aryl methyl sites for hydroxylation is 2. The fourth-order valence-corrected chi connectivity index (χ4v) is 2.48. The van der Waals surface area contributed by atoms with Crippen molar-refractivity contribution in [3.8, 4) is 0 Å². The van der Waals surface area contributed by atoms with E-state index < -0.39 is 0 Å². The molecule has 1 aliphatic rings.